The molecular formula is C10H14ClN3O2. The van der Waals surface area contributed by atoms with Crippen molar-refractivity contribution in [3.8, 4) is 0 Å². The molecule has 0 aliphatic carbocycles. The summed E-state index contributed by atoms with van der Waals surface area (Å²) in [5.41, 5.74) is 0.308. The molecule has 0 bridgehead atoms. The summed E-state index contributed by atoms with van der Waals surface area (Å²) in [4.78, 5) is 13.5. The molecule has 0 aromatic carbocycles. The van der Waals surface area contributed by atoms with Crippen molar-refractivity contribution in [3.05, 3.63) is 21.6 Å². The van der Waals surface area contributed by atoms with Gasteiger partial charge >= 0.3 is 0 Å². The van der Waals surface area contributed by atoms with Crippen LogP contribution < -0.4 is 10.5 Å². The van der Waals surface area contributed by atoms with Crippen molar-refractivity contribution in [3.63, 3.8) is 0 Å². The molecule has 1 fully saturated rings. The zero-order chi connectivity index (χ0) is 11.7. The topological polar surface area (TPSA) is 58.4 Å². The maximum Gasteiger partial charge on any atom is 0.287 e. The maximum absolute atomic E-state index is 11.6. The van der Waals surface area contributed by atoms with Crippen LogP contribution in [-0.4, -0.2) is 34.1 Å². The van der Waals surface area contributed by atoms with Crippen molar-refractivity contribution in [2.24, 2.45) is 7.05 Å². The van der Waals surface area contributed by atoms with Crippen LogP contribution in [0.2, 0.25) is 5.02 Å². The maximum atomic E-state index is 11.6. The number of hydrogen-bond donors (Lipinski definition) is 1. The van der Waals surface area contributed by atoms with E-state index in [1.807, 2.05) is 4.90 Å². The Morgan fingerprint density at radius 3 is 3.06 bits per heavy atom. The van der Waals surface area contributed by atoms with Gasteiger partial charge in [-0.15, -0.1) is 0 Å². The third kappa shape index (κ3) is 2.05. The number of nitrogens with zero attached hydrogens (tertiary/aromatic N) is 3. The SMILES string of the molecule is Cn1ncc(N2CCCC(O)C2)c(Cl)c1=O. The Labute approximate surface area is 98.3 Å². The molecule has 0 saturated carbocycles. The van der Waals surface area contributed by atoms with Gasteiger partial charge < -0.3 is 10.0 Å². The third-order valence-corrected chi connectivity index (χ3v) is 3.15. The van der Waals surface area contributed by atoms with Gasteiger partial charge in [-0.05, 0) is 12.8 Å². The summed E-state index contributed by atoms with van der Waals surface area (Å²) in [6, 6.07) is 0. The summed E-state index contributed by atoms with van der Waals surface area (Å²) < 4.78 is 1.20. The van der Waals surface area contributed by atoms with Crippen LogP contribution in [0.25, 0.3) is 0 Å². The number of hydrogen-bond acceptors (Lipinski definition) is 4. The highest BCUT2D eigenvalue weighted by molar-refractivity contribution is 6.33. The Bertz CT molecular complexity index is 446. The van der Waals surface area contributed by atoms with Crippen molar-refractivity contribution in [1.29, 1.82) is 0 Å². The predicted molar refractivity (Wildman–Crippen MR) is 61.9 cm³/mol. The summed E-state index contributed by atoms with van der Waals surface area (Å²) in [5.74, 6) is 0. The molecule has 88 valence electrons. The van der Waals surface area contributed by atoms with E-state index in [4.69, 9.17) is 11.6 Å². The molecule has 1 unspecified atom stereocenters. The fourth-order valence-electron chi connectivity index (χ4n) is 1.90. The average Bonchev–Trinajstić information content (AvgIpc) is 2.26. The van der Waals surface area contributed by atoms with Gasteiger partial charge in [-0.3, -0.25) is 4.79 Å². The number of aryl methyl sites for hydroxylation is 1. The van der Waals surface area contributed by atoms with Crippen LogP contribution in [0.5, 0.6) is 0 Å². The van der Waals surface area contributed by atoms with Gasteiger partial charge in [-0.25, -0.2) is 4.68 Å². The summed E-state index contributed by atoms with van der Waals surface area (Å²) >= 11 is 5.98. The van der Waals surface area contributed by atoms with Gasteiger partial charge in [0.25, 0.3) is 5.56 Å². The molecule has 1 aromatic rings. The van der Waals surface area contributed by atoms with Crippen LogP contribution in [-0.2, 0) is 7.05 Å². The van der Waals surface area contributed by atoms with E-state index in [0.717, 1.165) is 19.4 Å². The molecular weight excluding hydrogens is 230 g/mol. The molecule has 16 heavy (non-hydrogen) atoms. The van der Waals surface area contributed by atoms with Crippen molar-refractivity contribution in [2.75, 3.05) is 18.0 Å². The zero-order valence-corrected chi connectivity index (χ0v) is 9.81. The minimum absolute atomic E-state index is 0.173. The summed E-state index contributed by atoms with van der Waals surface area (Å²) in [5, 5.41) is 13.7. The minimum atomic E-state index is -0.353. The predicted octanol–water partition coefficient (Wildman–Crippen LogP) is 0.395. The van der Waals surface area contributed by atoms with Crippen LogP contribution in [0.15, 0.2) is 11.0 Å². The van der Waals surface area contributed by atoms with Crippen LogP contribution in [0.1, 0.15) is 12.8 Å². The van der Waals surface area contributed by atoms with Gasteiger partial charge in [-0.1, -0.05) is 11.6 Å². The minimum Gasteiger partial charge on any atom is -0.391 e. The van der Waals surface area contributed by atoms with Gasteiger partial charge in [0, 0.05) is 20.1 Å². The van der Waals surface area contributed by atoms with E-state index in [1.54, 1.807) is 13.2 Å². The molecule has 1 N–H and O–H groups in total. The monoisotopic (exact) mass is 243 g/mol. The number of aliphatic hydroxyl groups excluding tert-OH is 1. The fraction of sp³-hybridized carbons (Fsp3) is 0.600. The van der Waals surface area contributed by atoms with Gasteiger partial charge in [0.15, 0.2) is 0 Å². The lowest BCUT2D eigenvalue weighted by atomic mass is 10.1. The summed E-state index contributed by atoms with van der Waals surface area (Å²) in [6.45, 7) is 1.31. The Morgan fingerprint density at radius 1 is 1.62 bits per heavy atom. The summed E-state index contributed by atoms with van der Waals surface area (Å²) in [7, 11) is 1.56. The molecule has 2 heterocycles. The molecule has 6 heteroatoms. The van der Waals surface area contributed by atoms with E-state index in [1.165, 1.54) is 4.68 Å². The lowest BCUT2D eigenvalue weighted by Gasteiger charge is -2.32. The molecule has 1 saturated heterocycles. The third-order valence-electron chi connectivity index (χ3n) is 2.80. The molecule has 1 aliphatic heterocycles. The number of aromatic nitrogens is 2. The van der Waals surface area contributed by atoms with Crippen LogP contribution >= 0.6 is 11.6 Å². The number of β-amino-alcohol motifs (C(OH)–C–C–N with tert-alkyl or cyclic N) is 1. The van der Waals surface area contributed by atoms with E-state index < -0.39 is 0 Å². The second kappa shape index (κ2) is 4.43. The first-order valence-corrected chi connectivity index (χ1v) is 5.62. The van der Waals surface area contributed by atoms with Crippen molar-refractivity contribution in [1.82, 2.24) is 9.78 Å². The van der Waals surface area contributed by atoms with Crippen molar-refractivity contribution < 1.29 is 5.11 Å². The van der Waals surface area contributed by atoms with Gasteiger partial charge in [-0.2, -0.15) is 5.10 Å². The lowest BCUT2D eigenvalue weighted by molar-refractivity contribution is 0.154. The van der Waals surface area contributed by atoms with E-state index in [-0.39, 0.29) is 16.7 Å². The first kappa shape index (κ1) is 11.4. The van der Waals surface area contributed by atoms with E-state index in [9.17, 15) is 9.90 Å². The van der Waals surface area contributed by atoms with E-state index >= 15 is 0 Å². The van der Waals surface area contributed by atoms with Crippen molar-refractivity contribution >= 4 is 17.3 Å². The first-order valence-electron chi connectivity index (χ1n) is 5.24. The van der Waals surface area contributed by atoms with Gasteiger partial charge in [0.1, 0.15) is 5.02 Å². The average molecular weight is 244 g/mol. The van der Waals surface area contributed by atoms with Gasteiger partial charge in [0.05, 0.1) is 18.0 Å². The number of halogens is 1. The van der Waals surface area contributed by atoms with Crippen LogP contribution in [0, 0.1) is 0 Å². The van der Waals surface area contributed by atoms with Gasteiger partial charge in [0.2, 0.25) is 0 Å². The van der Waals surface area contributed by atoms with Crippen molar-refractivity contribution in [2.45, 2.75) is 18.9 Å². The first-order chi connectivity index (χ1) is 7.59. The Balaban J connectivity index is 2.33. The quantitative estimate of drug-likeness (QED) is 0.776. The normalized spacial score (nSPS) is 21.2. The Morgan fingerprint density at radius 2 is 2.38 bits per heavy atom. The highest BCUT2D eigenvalue weighted by atomic mass is 35.5. The molecule has 1 aromatic heterocycles. The van der Waals surface area contributed by atoms with E-state index in [2.05, 4.69) is 5.10 Å². The van der Waals surface area contributed by atoms with Crippen LogP contribution in [0.4, 0.5) is 5.69 Å². The largest absolute Gasteiger partial charge is 0.391 e. The highest BCUT2D eigenvalue weighted by Gasteiger charge is 2.21. The second-order valence-corrected chi connectivity index (χ2v) is 4.39. The Hall–Kier alpha value is -1.07. The standard InChI is InChI=1S/C10H14ClN3O2/c1-13-10(16)9(11)8(5-12-13)14-4-2-3-7(15)6-14/h5,7,15H,2-4,6H2,1H3. The molecule has 0 spiro atoms. The number of piperidine rings is 1. The summed E-state index contributed by atoms with van der Waals surface area (Å²) in [6.07, 6.45) is 2.91. The number of anilines is 1. The Kier molecular flexibility index (Phi) is 3.16. The number of rotatable bonds is 1. The fourth-order valence-corrected chi connectivity index (χ4v) is 2.19. The number of aliphatic hydroxyl groups is 1. The molecule has 0 amide bonds. The lowest BCUT2D eigenvalue weighted by Crippen LogP contribution is -2.39. The molecule has 1 atom stereocenters. The smallest absolute Gasteiger partial charge is 0.287 e. The molecule has 2 rings (SSSR count). The van der Waals surface area contributed by atoms with Crippen LogP contribution in [0.3, 0.4) is 0 Å². The highest BCUT2D eigenvalue weighted by Crippen LogP contribution is 2.24. The molecule has 1 aliphatic rings. The van der Waals surface area contributed by atoms with E-state index in [0.29, 0.717) is 12.2 Å². The molecule has 5 nitrogen and oxygen atoms in total. The molecule has 0 radical (unpaired) electrons. The second-order valence-electron chi connectivity index (χ2n) is 4.01. The zero-order valence-electron chi connectivity index (χ0n) is 9.06.